The van der Waals surface area contributed by atoms with Crippen LogP contribution in [-0.2, 0) is 22.3 Å². The van der Waals surface area contributed by atoms with Gasteiger partial charge in [0.05, 0.1) is 33.5 Å². The average Bonchev–Trinajstić information content (AvgIpc) is 3.86. The molecule has 6 aromatic rings. The summed E-state index contributed by atoms with van der Waals surface area (Å²) in [4.78, 5) is 48.7. The molecule has 58 heavy (non-hydrogen) atoms. The Morgan fingerprint density at radius 1 is 0.690 bits per heavy atom. The van der Waals surface area contributed by atoms with Gasteiger partial charge in [-0.25, -0.2) is 19.9 Å². The number of fused-ring (bicyclic) bond motifs is 4. The zero-order valence-corrected chi connectivity index (χ0v) is 33.4. The van der Waals surface area contributed by atoms with Gasteiger partial charge in [0, 0.05) is 98.3 Å². The SMILES string of the molecule is Cc1nc2cccc(-c3cc4c([nH]3)CCNC4=O)c2nc1F.Cc1nc2cccc(-c3cc4c([nH]3)CCNC4=O)c2nc1NC1CCOCC1.Cl.NC1CCOCC1. The molecule has 0 atom stereocenters. The van der Waals surface area contributed by atoms with Gasteiger partial charge in [0.25, 0.3) is 11.8 Å². The minimum Gasteiger partial charge on any atom is -0.381 e. The van der Waals surface area contributed by atoms with Gasteiger partial charge in [-0.1, -0.05) is 24.3 Å². The minimum atomic E-state index is -0.575. The van der Waals surface area contributed by atoms with Gasteiger partial charge in [-0.15, -0.1) is 12.4 Å². The third-order valence-corrected chi connectivity index (χ3v) is 10.7. The molecule has 304 valence electrons. The fourth-order valence-electron chi connectivity index (χ4n) is 7.51. The number of nitrogens with zero attached hydrogens (tertiary/aromatic N) is 4. The number of benzene rings is 2. The predicted molar refractivity (Wildman–Crippen MR) is 223 cm³/mol. The number of halogens is 2. The zero-order valence-electron chi connectivity index (χ0n) is 32.5. The Hall–Kier alpha value is -5.48. The molecule has 14 nitrogen and oxygen atoms in total. The number of hydrogen-bond acceptors (Lipinski definition) is 10. The lowest BCUT2D eigenvalue weighted by Gasteiger charge is -2.24. The van der Waals surface area contributed by atoms with Crippen molar-refractivity contribution in [2.24, 2.45) is 5.73 Å². The second-order valence-corrected chi connectivity index (χ2v) is 14.7. The van der Waals surface area contributed by atoms with Crippen molar-refractivity contribution in [3.05, 3.63) is 88.4 Å². The number of para-hydroxylation sites is 2. The fourth-order valence-corrected chi connectivity index (χ4v) is 7.51. The number of anilines is 1. The molecule has 2 fully saturated rings. The topological polar surface area (TPSA) is 198 Å². The van der Waals surface area contributed by atoms with Crippen molar-refractivity contribution < 1.29 is 23.5 Å². The summed E-state index contributed by atoms with van der Waals surface area (Å²) in [7, 11) is 0. The van der Waals surface area contributed by atoms with Crippen molar-refractivity contribution in [1.82, 2.24) is 40.5 Å². The number of carbonyl (C=O) groups is 2. The molecule has 16 heteroatoms. The summed E-state index contributed by atoms with van der Waals surface area (Å²) >= 11 is 0. The van der Waals surface area contributed by atoms with E-state index in [0.717, 1.165) is 127 Å². The standard InChI is InChI=1S/C21H23N5O2.C16H13FN4O.C5H11NO.ClH/c1-12-20(24-13-6-9-28-10-7-13)26-19-14(3-2-4-17(19)23-12)18-11-15-16(25-18)5-8-22-21(15)27;1-8-15(17)21-14-9(3-2-4-12(14)19-8)13-7-10-11(20-13)5-6-18-16(10)22;6-5-1-3-7-4-2-5;/h2-4,11,13,25H,5-10H2,1H3,(H,22,27)(H,24,26);2-4,7,20H,5-6H2,1H3,(H,18,22);5H,1-4,6H2;1H. The molecule has 4 aliphatic rings. The van der Waals surface area contributed by atoms with E-state index in [1.807, 2.05) is 43.3 Å². The smallest absolute Gasteiger partial charge is 0.253 e. The molecule has 2 amide bonds. The van der Waals surface area contributed by atoms with Crippen LogP contribution >= 0.6 is 12.4 Å². The number of aromatic nitrogens is 6. The molecule has 0 saturated carbocycles. The van der Waals surface area contributed by atoms with E-state index in [0.29, 0.717) is 41.8 Å². The number of H-pyrrole nitrogens is 2. The van der Waals surface area contributed by atoms with Crippen LogP contribution in [0.4, 0.5) is 10.2 Å². The second-order valence-electron chi connectivity index (χ2n) is 14.7. The van der Waals surface area contributed by atoms with Crippen molar-refractivity contribution in [1.29, 1.82) is 0 Å². The zero-order chi connectivity index (χ0) is 39.5. The van der Waals surface area contributed by atoms with Crippen LogP contribution in [0.25, 0.3) is 44.6 Å². The van der Waals surface area contributed by atoms with Gasteiger partial charge in [-0.05, 0) is 63.8 Å². The number of rotatable bonds is 4. The van der Waals surface area contributed by atoms with E-state index in [9.17, 15) is 14.0 Å². The Bertz CT molecular complexity index is 2440. The van der Waals surface area contributed by atoms with Gasteiger partial charge >= 0.3 is 0 Å². The van der Waals surface area contributed by atoms with Gasteiger partial charge in [-0.2, -0.15) is 4.39 Å². The lowest BCUT2D eigenvalue weighted by molar-refractivity contribution is 0.0866. The Morgan fingerprint density at radius 3 is 1.69 bits per heavy atom. The molecule has 2 aromatic carbocycles. The van der Waals surface area contributed by atoms with Gasteiger partial charge in [-0.3, -0.25) is 9.59 Å². The number of carbonyl (C=O) groups excluding carboxylic acids is 2. The van der Waals surface area contributed by atoms with Gasteiger partial charge in [0.2, 0.25) is 5.95 Å². The molecule has 0 unspecified atom stereocenters. The Balaban J connectivity index is 0.000000152. The van der Waals surface area contributed by atoms with Crippen LogP contribution in [0.3, 0.4) is 0 Å². The summed E-state index contributed by atoms with van der Waals surface area (Å²) in [5, 5.41) is 9.25. The maximum absolute atomic E-state index is 13.8. The van der Waals surface area contributed by atoms with Gasteiger partial charge < -0.3 is 41.1 Å². The molecule has 0 bridgehead atoms. The minimum absolute atomic E-state index is 0. The van der Waals surface area contributed by atoms with Crippen LogP contribution in [0, 0.1) is 19.8 Å². The second kappa shape index (κ2) is 18.0. The van der Waals surface area contributed by atoms with E-state index in [2.05, 4.69) is 35.9 Å². The molecule has 4 aliphatic heterocycles. The molecule has 8 heterocycles. The van der Waals surface area contributed by atoms with Crippen LogP contribution in [0.2, 0.25) is 0 Å². The monoisotopic (exact) mass is 810 g/mol. The summed E-state index contributed by atoms with van der Waals surface area (Å²) in [5.74, 6) is 0.139. The summed E-state index contributed by atoms with van der Waals surface area (Å²) in [5.41, 5.74) is 16.1. The van der Waals surface area contributed by atoms with Crippen molar-refractivity contribution in [3.8, 4) is 22.5 Å². The number of aryl methyl sites for hydroxylation is 2. The molecule has 4 aromatic heterocycles. The molecule has 0 aliphatic carbocycles. The van der Waals surface area contributed by atoms with E-state index in [-0.39, 0.29) is 29.9 Å². The lowest BCUT2D eigenvalue weighted by atomic mass is 10.1. The molecular weight excluding hydrogens is 763 g/mol. The predicted octanol–water partition coefficient (Wildman–Crippen LogP) is 5.71. The molecule has 2 saturated heterocycles. The van der Waals surface area contributed by atoms with Crippen LogP contribution < -0.4 is 21.7 Å². The number of ether oxygens (including phenoxy) is 2. The summed E-state index contributed by atoms with van der Waals surface area (Å²) in [6.07, 6.45) is 5.59. The molecular formula is C42H48ClFN10O4. The summed E-state index contributed by atoms with van der Waals surface area (Å²) in [6.45, 7) is 8.14. The number of nitrogens with one attached hydrogen (secondary N) is 5. The molecule has 0 radical (unpaired) electrons. The Kier molecular flexibility index (Phi) is 12.6. The maximum atomic E-state index is 13.8. The fraction of sp³-hybridized carbons (Fsp3) is 0.381. The molecule has 7 N–H and O–H groups in total. The molecule has 10 rings (SSSR count). The first kappa shape index (κ1) is 40.7. The first-order chi connectivity index (χ1) is 27.7. The third-order valence-electron chi connectivity index (χ3n) is 10.7. The highest BCUT2D eigenvalue weighted by molar-refractivity contribution is 6.00. The Morgan fingerprint density at radius 2 is 1.19 bits per heavy atom. The van der Waals surface area contributed by atoms with Crippen molar-refractivity contribution in [3.63, 3.8) is 0 Å². The first-order valence-corrected chi connectivity index (χ1v) is 19.6. The van der Waals surface area contributed by atoms with Crippen LogP contribution in [0.1, 0.15) is 69.2 Å². The van der Waals surface area contributed by atoms with Crippen molar-refractivity contribution >= 4 is 52.1 Å². The van der Waals surface area contributed by atoms with E-state index in [4.69, 9.17) is 25.2 Å². The number of amides is 2. The van der Waals surface area contributed by atoms with Crippen LogP contribution in [0.15, 0.2) is 48.5 Å². The number of hydrogen-bond donors (Lipinski definition) is 6. The Labute approximate surface area is 341 Å². The average molecular weight is 811 g/mol. The highest BCUT2D eigenvalue weighted by Crippen LogP contribution is 2.32. The van der Waals surface area contributed by atoms with Crippen molar-refractivity contribution in [2.75, 3.05) is 44.8 Å². The largest absolute Gasteiger partial charge is 0.381 e. The normalized spacial score (nSPS) is 16.8. The number of nitrogens with two attached hydrogens (primary N) is 1. The number of aromatic amines is 2. The van der Waals surface area contributed by atoms with Gasteiger partial charge in [0.1, 0.15) is 16.9 Å². The highest BCUT2D eigenvalue weighted by Gasteiger charge is 2.23. The summed E-state index contributed by atoms with van der Waals surface area (Å²) in [6, 6.07) is 16.0. The van der Waals surface area contributed by atoms with E-state index in [1.54, 1.807) is 19.1 Å². The van der Waals surface area contributed by atoms with Gasteiger partial charge in [0.15, 0.2) is 0 Å². The van der Waals surface area contributed by atoms with E-state index >= 15 is 0 Å². The molecule has 0 spiro atoms. The van der Waals surface area contributed by atoms with E-state index < -0.39 is 5.95 Å². The van der Waals surface area contributed by atoms with E-state index in [1.165, 1.54) is 0 Å². The van der Waals surface area contributed by atoms with Crippen LogP contribution in [-0.4, -0.2) is 93.3 Å². The maximum Gasteiger partial charge on any atom is 0.253 e. The quantitative estimate of drug-likeness (QED) is 0.128. The highest BCUT2D eigenvalue weighted by atomic mass is 35.5. The first-order valence-electron chi connectivity index (χ1n) is 19.6. The van der Waals surface area contributed by atoms with Crippen molar-refractivity contribution in [2.45, 2.75) is 64.5 Å². The van der Waals surface area contributed by atoms with Crippen LogP contribution in [0.5, 0.6) is 0 Å². The third kappa shape index (κ3) is 8.82. The lowest BCUT2D eigenvalue weighted by Crippen LogP contribution is -2.31. The summed E-state index contributed by atoms with van der Waals surface area (Å²) < 4.78 is 24.3.